The van der Waals surface area contributed by atoms with Gasteiger partial charge in [0, 0.05) is 12.2 Å². The number of imidazole rings is 1. The number of aromatic nitrogens is 2. The van der Waals surface area contributed by atoms with Crippen LogP contribution in [0.2, 0.25) is 0 Å². The summed E-state index contributed by atoms with van der Waals surface area (Å²) in [5.41, 5.74) is 2.19. The number of nitrogens with zero attached hydrogens (tertiary/aromatic N) is 2. The van der Waals surface area contributed by atoms with Gasteiger partial charge in [0.25, 0.3) is 0 Å². The lowest BCUT2D eigenvalue weighted by Gasteiger charge is -2.05. The second-order valence-corrected chi connectivity index (χ2v) is 3.01. The zero-order valence-corrected chi connectivity index (χ0v) is 7.96. The quantitative estimate of drug-likeness (QED) is 0.741. The first-order chi connectivity index (χ1) is 5.70. The molecule has 0 aromatic carbocycles. The standard InChI is InChI=1S/C9H16N2O/c1-4-5-11-8(3)7(2)10-9(11)6-12/h12H,4-6H2,1-3H3. The Balaban J connectivity index is 3.03. The first-order valence-corrected chi connectivity index (χ1v) is 4.34. The van der Waals surface area contributed by atoms with Crippen molar-refractivity contribution in [2.24, 2.45) is 0 Å². The highest BCUT2D eigenvalue weighted by Crippen LogP contribution is 2.10. The largest absolute Gasteiger partial charge is 0.388 e. The van der Waals surface area contributed by atoms with Gasteiger partial charge in [-0.05, 0) is 20.3 Å². The molecule has 0 saturated carbocycles. The Bertz CT molecular complexity index is 266. The van der Waals surface area contributed by atoms with Gasteiger partial charge in [-0.1, -0.05) is 6.92 Å². The summed E-state index contributed by atoms with van der Waals surface area (Å²) in [5, 5.41) is 9.00. The van der Waals surface area contributed by atoms with E-state index in [0.717, 1.165) is 24.5 Å². The van der Waals surface area contributed by atoms with Crippen LogP contribution in [0.15, 0.2) is 0 Å². The molecule has 0 unspecified atom stereocenters. The molecule has 1 aromatic rings. The van der Waals surface area contributed by atoms with E-state index in [4.69, 9.17) is 5.11 Å². The van der Waals surface area contributed by atoms with Crippen LogP contribution in [0.1, 0.15) is 30.6 Å². The fourth-order valence-electron chi connectivity index (χ4n) is 1.36. The maximum atomic E-state index is 9.00. The molecule has 1 rings (SSSR count). The van der Waals surface area contributed by atoms with Crippen molar-refractivity contribution < 1.29 is 5.11 Å². The summed E-state index contributed by atoms with van der Waals surface area (Å²) < 4.78 is 2.08. The van der Waals surface area contributed by atoms with Gasteiger partial charge in [0.2, 0.25) is 0 Å². The van der Waals surface area contributed by atoms with Gasteiger partial charge in [-0.15, -0.1) is 0 Å². The van der Waals surface area contributed by atoms with Gasteiger partial charge in [0.15, 0.2) is 0 Å². The Kier molecular flexibility index (Phi) is 2.87. The van der Waals surface area contributed by atoms with E-state index >= 15 is 0 Å². The molecule has 0 aliphatic carbocycles. The average Bonchev–Trinajstić information content (AvgIpc) is 2.33. The number of aliphatic hydroxyl groups excluding tert-OH is 1. The lowest BCUT2D eigenvalue weighted by Crippen LogP contribution is -2.04. The molecule has 3 nitrogen and oxygen atoms in total. The van der Waals surface area contributed by atoms with Crippen LogP contribution in [0.25, 0.3) is 0 Å². The highest BCUT2D eigenvalue weighted by atomic mass is 16.3. The van der Waals surface area contributed by atoms with Gasteiger partial charge in [-0.2, -0.15) is 0 Å². The summed E-state index contributed by atoms with van der Waals surface area (Å²) in [4.78, 5) is 4.26. The van der Waals surface area contributed by atoms with Gasteiger partial charge >= 0.3 is 0 Å². The van der Waals surface area contributed by atoms with E-state index in [2.05, 4.69) is 16.5 Å². The Morgan fingerprint density at radius 1 is 1.42 bits per heavy atom. The van der Waals surface area contributed by atoms with Crippen molar-refractivity contribution in [2.45, 2.75) is 40.3 Å². The zero-order chi connectivity index (χ0) is 9.14. The SMILES string of the molecule is CCCn1c(CO)nc(C)c1C. The van der Waals surface area contributed by atoms with Gasteiger partial charge in [0.1, 0.15) is 12.4 Å². The average molecular weight is 168 g/mol. The van der Waals surface area contributed by atoms with Crippen molar-refractivity contribution in [2.75, 3.05) is 0 Å². The molecule has 12 heavy (non-hydrogen) atoms. The summed E-state index contributed by atoms with van der Waals surface area (Å²) in [6, 6.07) is 0. The van der Waals surface area contributed by atoms with E-state index in [9.17, 15) is 0 Å². The first-order valence-electron chi connectivity index (χ1n) is 4.34. The van der Waals surface area contributed by atoms with Crippen LogP contribution in [0, 0.1) is 13.8 Å². The molecule has 0 atom stereocenters. The summed E-state index contributed by atoms with van der Waals surface area (Å²) in [6.45, 7) is 7.12. The molecule has 0 fully saturated rings. The molecule has 3 heteroatoms. The Hall–Kier alpha value is -0.830. The van der Waals surface area contributed by atoms with Crippen molar-refractivity contribution >= 4 is 0 Å². The van der Waals surface area contributed by atoms with Crippen molar-refractivity contribution in [3.8, 4) is 0 Å². The summed E-state index contributed by atoms with van der Waals surface area (Å²) in [6.07, 6.45) is 1.07. The molecule has 68 valence electrons. The van der Waals surface area contributed by atoms with E-state index in [1.54, 1.807) is 0 Å². The molecular weight excluding hydrogens is 152 g/mol. The second kappa shape index (κ2) is 3.72. The van der Waals surface area contributed by atoms with Crippen LogP contribution in [0.4, 0.5) is 0 Å². The van der Waals surface area contributed by atoms with Gasteiger partial charge in [-0.25, -0.2) is 4.98 Å². The third-order valence-electron chi connectivity index (χ3n) is 2.13. The predicted octanol–water partition coefficient (Wildman–Crippen LogP) is 1.40. The van der Waals surface area contributed by atoms with E-state index in [1.807, 2.05) is 13.8 Å². The van der Waals surface area contributed by atoms with E-state index < -0.39 is 0 Å². The number of aliphatic hydroxyl groups is 1. The van der Waals surface area contributed by atoms with Crippen LogP contribution in [0.3, 0.4) is 0 Å². The molecule has 0 aliphatic heterocycles. The summed E-state index contributed by atoms with van der Waals surface area (Å²) in [7, 11) is 0. The van der Waals surface area contributed by atoms with Crippen LogP contribution >= 0.6 is 0 Å². The molecule has 0 spiro atoms. The fourth-order valence-corrected chi connectivity index (χ4v) is 1.36. The molecule has 0 aliphatic rings. The van der Waals surface area contributed by atoms with Gasteiger partial charge < -0.3 is 9.67 Å². The second-order valence-electron chi connectivity index (χ2n) is 3.01. The maximum Gasteiger partial charge on any atom is 0.135 e. The summed E-state index contributed by atoms with van der Waals surface area (Å²) in [5.74, 6) is 0.784. The molecule has 0 saturated heterocycles. The molecule has 1 heterocycles. The van der Waals surface area contributed by atoms with Crippen LogP contribution in [0.5, 0.6) is 0 Å². The summed E-state index contributed by atoms with van der Waals surface area (Å²) >= 11 is 0. The van der Waals surface area contributed by atoms with Crippen molar-refractivity contribution in [1.29, 1.82) is 0 Å². The molecule has 0 bridgehead atoms. The van der Waals surface area contributed by atoms with Crippen LogP contribution in [-0.2, 0) is 13.2 Å². The fraction of sp³-hybridized carbons (Fsp3) is 0.667. The smallest absolute Gasteiger partial charge is 0.135 e. The highest BCUT2D eigenvalue weighted by molar-refractivity contribution is 5.13. The number of aryl methyl sites for hydroxylation is 1. The number of hydrogen-bond acceptors (Lipinski definition) is 2. The van der Waals surface area contributed by atoms with Crippen molar-refractivity contribution in [3.05, 3.63) is 17.2 Å². The Morgan fingerprint density at radius 3 is 2.58 bits per heavy atom. The first kappa shape index (κ1) is 9.26. The number of hydrogen-bond donors (Lipinski definition) is 1. The normalized spacial score (nSPS) is 10.7. The Morgan fingerprint density at radius 2 is 2.08 bits per heavy atom. The van der Waals surface area contributed by atoms with Crippen LogP contribution < -0.4 is 0 Å². The highest BCUT2D eigenvalue weighted by Gasteiger charge is 2.07. The van der Waals surface area contributed by atoms with Gasteiger partial charge in [-0.3, -0.25) is 0 Å². The lowest BCUT2D eigenvalue weighted by atomic mass is 10.3. The molecule has 1 N–H and O–H groups in total. The molecule has 0 amide bonds. The Labute approximate surface area is 73.1 Å². The molecular formula is C9H16N2O. The predicted molar refractivity (Wildman–Crippen MR) is 47.9 cm³/mol. The topological polar surface area (TPSA) is 38.0 Å². The minimum absolute atomic E-state index is 0.0364. The monoisotopic (exact) mass is 168 g/mol. The lowest BCUT2D eigenvalue weighted by molar-refractivity contribution is 0.264. The minimum Gasteiger partial charge on any atom is -0.388 e. The van der Waals surface area contributed by atoms with E-state index in [1.165, 1.54) is 5.69 Å². The maximum absolute atomic E-state index is 9.00. The van der Waals surface area contributed by atoms with E-state index in [-0.39, 0.29) is 6.61 Å². The third-order valence-corrected chi connectivity index (χ3v) is 2.13. The number of rotatable bonds is 3. The third kappa shape index (κ3) is 1.50. The van der Waals surface area contributed by atoms with E-state index in [0.29, 0.717) is 0 Å². The zero-order valence-electron chi connectivity index (χ0n) is 7.96. The van der Waals surface area contributed by atoms with Crippen molar-refractivity contribution in [3.63, 3.8) is 0 Å². The molecule has 1 aromatic heterocycles. The van der Waals surface area contributed by atoms with Gasteiger partial charge in [0.05, 0.1) is 5.69 Å². The minimum atomic E-state index is 0.0364. The van der Waals surface area contributed by atoms with Crippen LogP contribution in [-0.4, -0.2) is 14.7 Å². The molecule has 0 radical (unpaired) electrons. The van der Waals surface area contributed by atoms with Crippen molar-refractivity contribution in [1.82, 2.24) is 9.55 Å².